The maximum Gasteiger partial charge on any atom is 0.246 e. The number of anilines is 2. The summed E-state index contributed by atoms with van der Waals surface area (Å²) in [6.45, 7) is 1.54. The summed E-state index contributed by atoms with van der Waals surface area (Å²) < 4.78 is 1.72. The van der Waals surface area contributed by atoms with Crippen LogP contribution in [0, 0.1) is 5.92 Å². The molecule has 4 rings (SSSR count). The van der Waals surface area contributed by atoms with Crippen LogP contribution in [-0.2, 0) is 18.3 Å². The van der Waals surface area contributed by atoms with E-state index in [9.17, 15) is 4.79 Å². The van der Waals surface area contributed by atoms with Crippen LogP contribution in [0.4, 0.5) is 11.6 Å². The number of piperidine rings is 1. The molecule has 1 unspecified atom stereocenters. The number of aryl methyl sites for hydroxylation is 1. The second-order valence-electron chi connectivity index (χ2n) is 7.53. The van der Waals surface area contributed by atoms with E-state index in [1.807, 2.05) is 54.6 Å². The minimum Gasteiger partial charge on any atom is -0.339 e. The lowest BCUT2D eigenvalue weighted by Gasteiger charge is -2.32. The van der Waals surface area contributed by atoms with Crippen molar-refractivity contribution in [1.82, 2.24) is 29.9 Å². The SMILES string of the molecule is Cn1cc(C=CC(=O)N2CCCC(Cc3ccc(Nc4ccccn4)nn3)C2)cn1. The monoisotopic (exact) mass is 403 g/mol. The highest BCUT2D eigenvalue weighted by Crippen LogP contribution is 2.21. The molecule has 1 saturated heterocycles. The van der Waals surface area contributed by atoms with E-state index in [1.54, 1.807) is 23.2 Å². The number of carbonyl (C=O) groups excluding carboxylic acids is 1. The number of carbonyl (C=O) groups is 1. The Morgan fingerprint density at radius 3 is 2.90 bits per heavy atom. The molecule has 0 aromatic carbocycles. The van der Waals surface area contributed by atoms with Crippen LogP contribution >= 0.6 is 0 Å². The summed E-state index contributed by atoms with van der Waals surface area (Å²) in [4.78, 5) is 18.7. The highest BCUT2D eigenvalue weighted by atomic mass is 16.2. The number of amides is 1. The predicted octanol–water partition coefficient (Wildman–Crippen LogP) is 2.84. The van der Waals surface area contributed by atoms with Crippen LogP contribution < -0.4 is 5.32 Å². The van der Waals surface area contributed by atoms with Crippen LogP contribution in [0.3, 0.4) is 0 Å². The first kappa shape index (κ1) is 19.8. The van der Waals surface area contributed by atoms with E-state index >= 15 is 0 Å². The van der Waals surface area contributed by atoms with E-state index in [0.29, 0.717) is 11.7 Å². The Hall–Kier alpha value is -3.55. The number of pyridine rings is 1. The molecule has 3 aromatic heterocycles. The van der Waals surface area contributed by atoms with Gasteiger partial charge in [0.2, 0.25) is 5.91 Å². The molecule has 1 amide bonds. The number of rotatable bonds is 6. The Bertz CT molecular complexity index is 998. The van der Waals surface area contributed by atoms with Gasteiger partial charge in [0.1, 0.15) is 5.82 Å². The molecule has 1 aliphatic heterocycles. The molecule has 1 atom stereocenters. The second-order valence-corrected chi connectivity index (χ2v) is 7.53. The Morgan fingerprint density at radius 1 is 1.23 bits per heavy atom. The minimum absolute atomic E-state index is 0.0459. The highest BCUT2D eigenvalue weighted by molar-refractivity contribution is 5.91. The number of nitrogens with zero attached hydrogens (tertiary/aromatic N) is 6. The average molecular weight is 403 g/mol. The lowest BCUT2D eigenvalue weighted by molar-refractivity contribution is -0.127. The summed E-state index contributed by atoms with van der Waals surface area (Å²) in [7, 11) is 1.86. The van der Waals surface area contributed by atoms with Gasteiger partial charge in [-0.2, -0.15) is 10.2 Å². The van der Waals surface area contributed by atoms with Crippen LogP contribution in [0.1, 0.15) is 24.1 Å². The summed E-state index contributed by atoms with van der Waals surface area (Å²) in [6.07, 6.45) is 11.7. The maximum absolute atomic E-state index is 12.6. The van der Waals surface area contributed by atoms with Gasteiger partial charge in [0.25, 0.3) is 0 Å². The predicted molar refractivity (Wildman–Crippen MR) is 115 cm³/mol. The largest absolute Gasteiger partial charge is 0.339 e. The number of nitrogens with one attached hydrogen (secondary N) is 1. The maximum atomic E-state index is 12.6. The van der Waals surface area contributed by atoms with Crippen molar-refractivity contribution in [2.24, 2.45) is 13.0 Å². The fraction of sp³-hybridized carbons (Fsp3) is 0.318. The molecule has 3 aromatic rings. The second kappa shape index (κ2) is 9.30. The summed E-state index contributed by atoms with van der Waals surface area (Å²) in [5.74, 6) is 1.83. The van der Waals surface area contributed by atoms with Crippen molar-refractivity contribution in [2.75, 3.05) is 18.4 Å². The van der Waals surface area contributed by atoms with Crippen LogP contribution in [0.5, 0.6) is 0 Å². The van der Waals surface area contributed by atoms with Crippen molar-refractivity contribution < 1.29 is 4.79 Å². The summed E-state index contributed by atoms with van der Waals surface area (Å²) in [5, 5.41) is 15.9. The smallest absolute Gasteiger partial charge is 0.246 e. The van der Waals surface area contributed by atoms with Gasteiger partial charge in [-0.25, -0.2) is 4.98 Å². The Kier molecular flexibility index (Phi) is 6.12. The quantitative estimate of drug-likeness (QED) is 0.637. The molecule has 4 heterocycles. The van der Waals surface area contributed by atoms with E-state index < -0.39 is 0 Å². The molecule has 30 heavy (non-hydrogen) atoms. The van der Waals surface area contributed by atoms with Gasteiger partial charge >= 0.3 is 0 Å². The molecule has 1 N–H and O–H groups in total. The third kappa shape index (κ3) is 5.28. The lowest BCUT2D eigenvalue weighted by atomic mass is 9.93. The molecule has 0 radical (unpaired) electrons. The Morgan fingerprint density at radius 2 is 2.17 bits per heavy atom. The van der Waals surface area contributed by atoms with Gasteiger partial charge in [-0.1, -0.05) is 6.07 Å². The molecule has 1 fully saturated rings. The van der Waals surface area contributed by atoms with E-state index in [0.717, 1.165) is 49.4 Å². The molecule has 8 nitrogen and oxygen atoms in total. The summed E-state index contributed by atoms with van der Waals surface area (Å²) in [6, 6.07) is 9.57. The summed E-state index contributed by atoms with van der Waals surface area (Å²) >= 11 is 0. The number of hydrogen-bond acceptors (Lipinski definition) is 6. The topological polar surface area (TPSA) is 88.8 Å². The normalized spacial score (nSPS) is 16.7. The Balaban J connectivity index is 1.31. The summed E-state index contributed by atoms with van der Waals surface area (Å²) in [5.41, 5.74) is 1.86. The first-order valence-electron chi connectivity index (χ1n) is 10.1. The van der Waals surface area contributed by atoms with Crippen LogP contribution in [0.15, 0.2) is 55.0 Å². The first-order chi connectivity index (χ1) is 14.7. The van der Waals surface area contributed by atoms with Crippen molar-refractivity contribution >= 4 is 23.6 Å². The third-order valence-electron chi connectivity index (χ3n) is 5.11. The molecule has 0 spiro atoms. The molecule has 8 heteroatoms. The van der Waals surface area contributed by atoms with Gasteiger partial charge < -0.3 is 10.2 Å². The third-order valence-corrected chi connectivity index (χ3v) is 5.11. The fourth-order valence-electron chi connectivity index (χ4n) is 3.63. The van der Waals surface area contributed by atoms with Gasteiger partial charge in [-0.3, -0.25) is 9.48 Å². The van der Waals surface area contributed by atoms with Crippen molar-refractivity contribution in [1.29, 1.82) is 0 Å². The average Bonchev–Trinajstić information content (AvgIpc) is 3.19. The molecular formula is C22H25N7O. The molecule has 0 bridgehead atoms. The van der Waals surface area contributed by atoms with Crippen molar-refractivity contribution in [3.8, 4) is 0 Å². The first-order valence-corrected chi connectivity index (χ1v) is 10.1. The number of hydrogen-bond donors (Lipinski definition) is 1. The number of likely N-dealkylation sites (tertiary alicyclic amines) is 1. The van der Waals surface area contributed by atoms with Gasteiger partial charge in [0.15, 0.2) is 5.82 Å². The van der Waals surface area contributed by atoms with E-state index in [-0.39, 0.29) is 5.91 Å². The van der Waals surface area contributed by atoms with Gasteiger partial charge in [0, 0.05) is 44.2 Å². The molecule has 0 saturated carbocycles. The molecule has 154 valence electrons. The van der Waals surface area contributed by atoms with Crippen LogP contribution in [-0.4, -0.2) is 48.9 Å². The standard InChI is InChI=1S/C22H25N7O/c1-28-15-18(14-24-28)7-10-22(30)29-12-4-5-17(16-29)13-19-8-9-21(27-26-19)25-20-6-2-3-11-23-20/h2-3,6-11,14-15,17H,4-5,12-13,16H2,1H3,(H,23,25,27). The van der Waals surface area contributed by atoms with Crippen molar-refractivity contribution in [2.45, 2.75) is 19.3 Å². The van der Waals surface area contributed by atoms with Crippen LogP contribution in [0.25, 0.3) is 6.08 Å². The fourth-order valence-corrected chi connectivity index (χ4v) is 3.63. The van der Waals surface area contributed by atoms with Crippen LogP contribution in [0.2, 0.25) is 0 Å². The van der Waals surface area contributed by atoms with Gasteiger partial charge in [-0.05, 0) is 55.5 Å². The molecular weight excluding hydrogens is 378 g/mol. The van der Waals surface area contributed by atoms with E-state index in [2.05, 4.69) is 25.6 Å². The highest BCUT2D eigenvalue weighted by Gasteiger charge is 2.23. The molecule has 0 aliphatic carbocycles. The van der Waals surface area contributed by atoms with Crippen molar-refractivity contribution in [3.05, 3.63) is 66.3 Å². The van der Waals surface area contributed by atoms with Gasteiger partial charge in [-0.15, -0.1) is 5.10 Å². The number of aromatic nitrogens is 5. The van der Waals surface area contributed by atoms with E-state index in [4.69, 9.17) is 0 Å². The zero-order valence-corrected chi connectivity index (χ0v) is 17.0. The lowest BCUT2D eigenvalue weighted by Crippen LogP contribution is -2.39. The van der Waals surface area contributed by atoms with E-state index in [1.165, 1.54) is 0 Å². The van der Waals surface area contributed by atoms with Gasteiger partial charge in [0.05, 0.1) is 11.9 Å². The minimum atomic E-state index is 0.0459. The Labute approximate surface area is 175 Å². The van der Waals surface area contributed by atoms with Crippen molar-refractivity contribution in [3.63, 3.8) is 0 Å². The molecule has 1 aliphatic rings. The zero-order chi connectivity index (χ0) is 20.8. The zero-order valence-electron chi connectivity index (χ0n) is 17.0.